The molecule has 5 nitrogen and oxygen atoms in total. The molecule has 2 saturated carbocycles. The third-order valence-electron chi connectivity index (χ3n) is 8.13. The molecule has 1 unspecified atom stereocenters. The van der Waals surface area contributed by atoms with E-state index in [1.54, 1.807) is 6.07 Å². The van der Waals surface area contributed by atoms with E-state index >= 15 is 0 Å². The molecule has 0 bridgehead atoms. The van der Waals surface area contributed by atoms with Crippen LogP contribution in [0, 0.1) is 23.6 Å². The topological polar surface area (TPSA) is 61.8 Å². The molecule has 2 aromatic rings. The number of aryl methyl sites for hydroxylation is 1. The molecule has 3 fully saturated rings. The Bertz CT molecular complexity index is 1020. The average molecular weight is 467 g/mol. The van der Waals surface area contributed by atoms with E-state index in [4.69, 9.17) is 4.74 Å². The summed E-state index contributed by atoms with van der Waals surface area (Å²) < 4.78 is 20.5. The number of ether oxygens (including phenoxy) is 1. The largest absolute Gasteiger partial charge is 0.490 e. The van der Waals surface area contributed by atoms with Gasteiger partial charge < -0.3 is 20.1 Å². The maximum absolute atomic E-state index is 14.4. The number of aliphatic carboxylic acids is 1. The van der Waals surface area contributed by atoms with Crippen molar-refractivity contribution in [1.29, 1.82) is 0 Å². The van der Waals surface area contributed by atoms with Gasteiger partial charge in [0.15, 0.2) is 11.6 Å². The standard InChI is InChI=1S/C28H35FN2O3/c1-20-7-8-25(23(29)15-20)34-19-27(17-30-24-16-22(24)21-5-3-2-4-6-21)11-13-31(14-12-27)18-28(9-10-28)26(32)33/h2-8,15,22,24,30H,9-14,16-19H2,1H3,(H,32,33)/t22?,24-/m1/s1. The van der Waals surface area contributed by atoms with Gasteiger partial charge in [-0.05, 0) is 75.4 Å². The molecule has 0 radical (unpaired) electrons. The minimum Gasteiger partial charge on any atom is -0.490 e. The third kappa shape index (κ3) is 5.13. The number of carboxylic acid groups (broad SMARTS) is 1. The van der Waals surface area contributed by atoms with Gasteiger partial charge in [0.25, 0.3) is 0 Å². The Morgan fingerprint density at radius 2 is 1.88 bits per heavy atom. The van der Waals surface area contributed by atoms with Crippen LogP contribution in [0.1, 0.15) is 49.1 Å². The lowest BCUT2D eigenvalue weighted by Crippen LogP contribution is -2.50. The zero-order valence-corrected chi connectivity index (χ0v) is 19.9. The summed E-state index contributed by atoms with van der Waals surface area (Å²) in [5, 5.41) is 13.4. The van der Waals surface area contributed by atoms with Crippen LogP contribution < -0.4 is 10.1 Å². The molecule has 3 aliphatic rings. The van der Waals surface area contributed by atoms with Crippen molar-refractivity contribution in [1.82, 2.24) is 10.2 Å². The maximum atomic E-state index is 14.4. The summed E-state index contributed by atoms with van der Waals surface area (Å²) >= 11 is 0. The first-order valence-corrected chi connectivity index (χ1v) is 12.5. The zero-order chi connectivity index (χ0) is 23.8. The van der Waals surface area contributed by atoms with E-state index in [0.29, 0.717) is 30.9 Å². The summed E-state index contributed by atoms with van der Waals surface area (Å²) in [6, 6.07) is 16.2. The SMILES string of the molecule is Cc1ccc(OCC2(CN[C@@H]3CC3c3ccccc3)CCN(CC3(C(=O)O)CC3)CC2)c(F)c1. The second-order valence-electron chi connectivity index (χ2n) is 10.8. The predicted molar refractivity (Wildman–Crippen MR) is 130 cm³/mol. The number of hydrogen-bond acceptors (Lipinski definition) is 4. The van der Waals surface area contributed by atoms with Gasteiger partial charge in [-0.3, -0.25) is 4.79 Å². The normalized spacial score (nSPS) is 25.0. The van der Waals surface area contributed by atoms with Crippen LogP contribution in [0.4, 0.5) is 4.39 Å². The Morgan fingerprint density at radius 3 is 2.53 bits per heavy atom. The van der Waals surface area contributed by atoms with E-state index in [-0.39, 0.29) is 11.2 Å². The molecular formula is C28H35FN2O3. The molecule has 34 heavy (non-hydrogen) atoms. The smallest absolute Gasteiger partial charge is 0.310 e. The molecule has 0 amide bonds. The average Bonchev–Trinajstić information content (AvgIpc) is 3.75. The van der Waals surface area contributed by atoms with Crippen molar-refractivity contribution >= 4 is 5.97 Å². The van der Waals surface area contributed by atoms with E-state index < -0.39 is 11.4 Å². The Hall–Kier alpha value is -2.44. The molecule has 5 rings (SSSR count). The minimum atomic E-state index is -0.662. The van der Waals surface area contributed by atoms with Gasteiger partial charge in [-0.2, -0.15) is 0 Å². The van der Waals surface area contributed by atoms with Gasteiger partial charge in [0.05, 0.1) is 12.0 Å². The molecular weight excluding hydrogens is 431 g/mol. The van der Waals surface area contributed by atoms with Crippen LogP contribution in [0.15, 0.2) is 48.5 Å². The second-order valence-corrected chi connectivity index (χ2v) is 10.8. The van der Waals surface area contributed by atoms with Crippen molar-refractivity contribution in [2.24, 2.45) is 10.8 Å². The molecule has 1 aliphatic heterocycles. The first kappa shape index (κ1) is 23.3. The van der Waals surface area contributed by atoms with Crippen LogP contribution in [0.3, 0.4) is 0 Å². The fourth-order valence-electron chi connectivity index (χ4n) is 5.37. The summed E-state index contributed by atoms with van der Waals surface area (Å²) in [7, 11) is 0. The second kappa shape index (κ2) is 9.31. The van der Waals surface area contributed by atoms with Crippen LogP contribution in [-0.2, 0) is 4.79 Å². The predicted octanol–water partition coefficient (Wildman–Crippen LogP) is 4.61. The van der Waals surface area contributed by atoms with E-state index in [1.807, 2.05) is 13.0 Å². The summed E-state index contributed by atoms with van der Waals surface area (Å²) in [5.41, 5.74) is 1.63. The lowest BCUT2D eigenvalue weighted by molar-refractivity contribution is -0.144. The monoisotopic (exact) mass is 466 g/mol. The molecule has 0 aromatic heterocycles. The number of likely N-dealkylation sites (tertiary alicyclic amines) is 1. The van der Waals surface area contributed by atoms with Gasteiger partial charge in [0.1, 0.15) is 0 Å². The number of carboxylic acids is 1. The summed E-state index contributed by atoms with van der Waals surface area (Å²) in [6.07, 6.45) is 4.52. The number of carbonyl (C=O) groups is 1. The lowest BCUT2D eigenvalue weighted by atomic mass is 9.78. The molecule has 1 heterocycles. The lowest BCUT2D eigenvalue weighted by Gasteiger charge is -2.42. The van der Waals surface area contributed by atoms with Crippen molar-refractivity contribution in [2.45, 2.75) is 51.0 Å². The highest BCUT2D eigenvalue weighted by Gasteiger charge is 2.52. The van der Waals surface area contributed by atoms with Crippen LogP contribution in [0.2, 0.25) is 0 Å². The van der Waals surface area contributed by atoms with Gasteiger partial charge in [0, 0.05) is 30.5 Å². The minimum absolute atomic E-state index is 0.0996. The molecule has 2 aliphatic carbocycles. The zero-order valence-electron chi connectivity index (χ0n) is 19.9. The molecule has 2 aromatic carbocycles. The van der Waals surface area contributed by atoms with E-state index in [0.717, 1.165) is 57.3 Å². The van der Waals surface area contributed by atoms with Gasteiger partial charge in [-0.25, -0.2) is 4.39 Å². The first-order chi connectivity index (χ1) is 16.4. The molecule has 2 atom stereocenters. The van der Waals surface area contributed by atoms with Crippen molar-refractivity contribution < 1.29 is 19.0 Å². The van der Waals surface area contributed by atoms with Gasteiger partial charge >= 0.3 is 5.97 Å². The quantitative estimate of drug-likeness (QED) is 0.536. The highest BCUT2D eigenvalue weighted by molar-refractivity contribution is 5.78. The Kier molecular flexibility index (Phi) is 6.38. The van der Waals surface area contributed by atoms with Crippen molar-refractivity contribution in [2.75, 3.05) is 32.8 Å². The Labute approximate surface area is 201 Å². The highest BCUT2D eigenvalue weighted by Crippen LogP contribution is 2.47. The molecule has 1 saturated heterocycles. The number of piperidine rings is 1. The number of benzene rings is 2. The fourth-order valence-corrected chi connectivity index (χ4v) is 5.37. The molecule has 182 valence electrons. The van der Waals surface area contributed by atoms with Gasteiger partial charge in [-0.1, -0.05) is 36.4 Å². The fraction of sp³-hybridized carbons (Fsp3) is 0.536. The Morgan fingerprint density at radius 1 is 1.15 bits per heavy atom. The van der Waals surface area contributed by atoms with Crippen LogP contribution in [0.25, 0.3) is 0 Å². The number of nitrogens with zero attached hydrogens (tertiary/aromatic N) is 1. The molecule has 6 heteroatoms. The van der Waals surface area contributed by atoms with Crippen molar-refractivity contribution in [3.05, 3.63) is 65.5 Å². The number of halogens is 1. The van der Waals surface area contributed by atoms with Crippen molar-refractivity contribution in [3.8, 4) is 5.75 Å². The summed E-state index contributed by atoms with van der Waals surface area (Å²) in [4.78, 5) is 13.9. The number of nitrogens with one attached hydrogen (secondary N) is 1. The van der Waals surface area contributed by atoms with Crippen LogP contribution in [0.5, 0.6) is 5.75 Å². The van der Waals surface area contributed by atoms with Crippen LogP contribution >= 0.6 is 0 Å². The molecule has 2 N–H and O–H groups in total. The van der Waals surface area contributed by atoms with Gasteiger partial charge in [-0.15, -0.1) is 0 Å². The van der Waals surface area contributed by atoms with E-state index in [2.05, 4.69) is 40.5 Å². The van der Waals surface area contributed by atoms with E-state index in [1.165, 1.54) is 11.6 Å². The Balaban J connectivity index is 1.22. The summed E-state index contributed by atoms with van der Waals surface area (Å²) in [6.45, 7) is 5.49. The van der Waals surface area contributed by atoms with Crippen molar-refractivity contribution in [3.63, 3.8) is 0 Å². The molecule has 0 spiro atoms. The maximum Gasteiger partial charge on any atom is 0.310 e. The third-order valence-corrected chi connectivity index (χ3v) is 8.13. The van der Waals surface area contributed by atoms with E-state index in [9.17, 15) is 14.3 Å². The van der Waals surface area contributed by atoms with Crippen LogP contribution in [-0.4, -0.2) is 54.8 Å². The summed E-state index contributed by atoms with van der Waals surface area (Å²) in [5.74, 6) is -0.114. The number of hydrogen-bond donors (Lipinski definition) is 2. The first-order valence-electron chi connectivity index (χ1n) is 12.5. The van der Waals surface area contributed by atoms with Gasteiger partial charge in [0.2, 0.25) is 0 Å². The number of rotatable bonds is 10. The highest BCUT2D eigenvalue weighted by atomic mass is 19.1.